The van der Waals surface area contributed by atoms with E-state index in [1.54, 1.807) is 6.92 Å². The Kier molecular flexibility index (Phi) is 3.12. The molecule has 17 heavy (non-hydrogen) atoms. The van der Waals surface area contributed by atoms with Crippen LogP contribution >= 0.6 is 0 Å². The smallest absolute Gasteiger partial charge is 0.357 e. The van der Waals surface area contributed by atoms with Crippen LogP contribution < -0.4 is 0 Å². The van der Waals surface area contributed by atoms with Crippen molar-refractivity contribution < 1.29 is 19.4 Å². The molecule has 1 aliphatic rings. The average Bonchev–Trinajstić information content (AvgIpc) is 2.95. The van der Waals surface area contributed by atoms with Crippen LogP contribution in [0.2, 0.25) is 0 Å². The summed E-state index contributed by atoms with van der Waals surface area (Å²) in [5, 5.41) is 8.96. The van der Waals surface area contributed by atoms with E-state index in [0.717, 1.165) is 12.8 Å². The molecule has 2 rings (SSSR count). The zero-order valence-corrected chi connectivity index (χ0v) is 9.52. The Morgan fingerprint density at radius 2 is 2.24 bits per heavy atom. The molecule has 6 heteroatoms. The number of H-pyrrole nitrogens is 1. The zero-order valence-electron chi connectivity index (χ0n) is 9.52. The molecule has 0 atom stereocenters. The van der Waals surface area contributed by atoms with Gasteiger partial charge >= 0.3 is 11.9 Å². The van der Waals surface area contributed by atoms with Crippen LogP contribution in [0.5, 0.6) is 0 Å². The molecular weight excluding hydrogens is 224 g/mol. The molecule has 0 saturated heterocycles. The maximum absolute atomic E-state index is 11.5. The van der Waals surface area contributed by atoms with Crippen molar-refractivity contribution in [2.45, 2.75) is 26.2 Å². The average molecular weight is 238 g/mol. The van der Waals surface area contributed by atoms with Crippen LogP contribution in [0.25, 0.3) is 0 Å². The molecule has 1 aromatic rings. The highest BCUT2D eigenvalue weighted by molar-refractivity contribution is 5.99. The number of hydrogen-bond donors (Lipinski definition) is 2. The molecule has 0 bridgehead atoms. The highest BCUT2D eigenvalue weighted by Crippen LogP contribution is 2.32. The Hall–Kier alpha value is -1.85. The third-order valence-corrected chi connectivity index (χ3v) is 2.61. The number of hydrogen-bond acceptors (Lipinski definition) is 4. The van der Waals surface area contributed by atoms with Gasteiger partial charge in [-0.05, 0) is 25.7 Å². The fourth-order valence-electron chi connectivity index (χ4n) is 1.62. The van der Waals surface area contributed by atoms with Crippen molar-refractivity contribution in [1.29, 1.82) is 0 Å². The van der Waals surface area contributed by atoms with E-state index < -0.39 is 11.9 Å². The fourth-order valence-corrected chi connectivity index (χ4v) is 1.62. The van der Waals surface area contributed by atoms with Gasteiger partial charge in [-0.2, -0.15) is 0 Å². The molecule has 1 aromatic heterocycles. The number of ether oxygens (including phenoxy) is 1. The maximum Gasteiger partial charge on any atom is 0.357 e. The highest BCUT2D eigenvalue weighted by Gasteiger charge is 2.27. The number of carbonyl (C=O) groups is 2. The number of aromatic carboxylic acids is 1. The van der Waals surface area contributed by atoms with Crippen molar-refractivity contribution in [3.05, 3.63) is 17.2 Å². The van der Waals surface area contributed by atoms with Crippen molar-refractivity contribution in [3.63, 3.8) is 0 Å². The van der Waals surface area contributed by atoms with E-state index in [1.807, 2.05) is 0 Å². The third-order valence-electron chi connectivity index (χ3n) is 2.61. The second-order valence-electron chi connectivity index (χ2n) is 4.08. The first kappa shape index (κ1) is 11.6. The summed E-state index contributed by atoms with van der Waals surface area (Å²) in [5.41, 5.74) is -0.311. The molecule has 2 N–H and O–H groups in total. The molecule has 0 unspecified atom stereocenters. The summed E-state index contributed by atoms with van der Waals surface area (Å²) in [7, 11) is 0. The first-order valence-corrected chi connectivity index (χ1v) is 5.61. The number of nitrogens with one attached hydrogen (secondary N) is 1. The third kappa shape index (κ3) is 2.64. The van der Waals surface area contributed by atoms with Crippen LogP contribution in [-0.2, 0) is 11.2 Å². The minimum absolute atomic E-state index is 0.0602. The number of carbonyl (C=O) groups excluding carboxylic acids is 1. The molecule has 0 radical (unpaired) electrons. The molecule has 92 valence electrons. The molecule has 0 amide bonds. The molecular formula is C11H14N2O4. The first-order chi connectivity index (χ1) is 8.11. The Balaban J connectivity index is 2.23. The summed E-state index contributed by atoms with van der Waals surface area (Å²) in [4.78, 5) is 29.2. The van der Waals surface area contributed by atoms with Gasteiger partial charge in [-0.15, -0.1) is 0 Å². The second-order valence-corrected chi connectivity index (χ2v) is 4.08. The fraction of sp³-hybridized carbons (Fsp3) is 0.545. The van der Waals surface area contributed by atoms with Gasteiger partial charge in [0.15, 0.2) is 11.4 Å². The summed E-state index contributed by atoms with van der Waals surface area (Å²) < 4.78 is 4.78. The van der Waals surface area contributed by atoms with Crippen molar-refractivity contribution >= 4 is 11.9 Å². The lowest BCUT2D eigenvalue weighted by Crippen LogP contribution is -2.11. The molecule has 0 spiro atoms. The normalized spacial score (nSPS) is 14.6. The van der Waals surface area contributed by atoms with Gasteiger partial charge in [-0.1, -0.05) is 0 Å². The lowest BCUT2D eigenvalue weighted by Gasteiger charge is -1.98. The summed E-state index contributed by atoms with van der Waals surface area (Å²) >= 11 is 0. The molecule has 1 fully saturated rings. The zero-order chi connectivity index (χ0) is 12.4. The van der Waals surface area contributed by atoms with E-state index in [4.69, 9.17) is 9.84 Å². The molecule has 0 aliphatic heterocycles. The quantitative estimate of drug-likeness (QED) is 0.753. The number of rotatable bonds is 5. The van der Waals surface area contributed by atoms with E-state index in [1.165, 1.54) is 0 Å². The van der Waals surface area contributed by atoms with Crippen LogP contribution in [0.15, 0.2) is 0 Å². The topological polar surface area (TPSA) is 92.3 Å². The molecule has 1 saturated carbocycles. The predicted molar refractivity (Wildman–Crippen MR) is 57.9 cm³/mol. The second kappa shape index (κ2) is 4.57. The summed E-state index contributed by atoms with van der Waals surface area (Å²) in [5.74, 6) is -0.767. The van der Waals surface area contributed by atoms with E-state index in [9.17, 15) is 9.59 Å². The number of carboxylic acids is 1. The monoisotopic (exact) mass is 238 g/mol. The first-order valence-electron chi connectivity index (χ1n) is 5.61. The minimum atomic E-state index is -1.22. The summed E-state index contributed by atoms with van der Waals surface area (Å²) in [6.07, 6.45) is 2.97. The largest absolute Gasteiger partial charge is 0.476 e. The Morgan fingerprint density at radius 1 is 1.53 bits per heavy atom. The van der Waals surface area contributed by atoms with Crippen LogP contribution in [0.3, 0.4) is 0 Å². The predicted octanol–water partition coefficient (Wildman–Crippen LogP) is 1.24. The van der Waals surface area contributed by atoms with Gasteiger partial charge in [0, 0.05) is 6.42 Å². The van der Waals surface area contributed by atoms with Crippen molar-refractivity contribution in [2.24, 2.45) is 5.92 Å². The van der Waals surface area contributed by atoms with Gasteiger partial charge in [0.2, 0.25) is 0 Å². The maximum atomic E-state index is 11.5. The van der Waals surface area contributed by atoms with E-state index in [0.29, 0.717) is 18.2 Å². The van der Waals surface area contributed by atoms with Crippen LogP contribution in [0, 0.1) is 5.92 Å². The Morgan fingerprint density at radius 3 is 2.76 bits per heavy atom. The van der Waals surface area contributed by atoms with E-state index >= 15 is 0 Å². The lowest BCUT2D eigenvalue weighted by molar-refractivity contribution is 0.0507. The summed E-state index contributed by atoms with van der Waals surface area (Å²) in [6.45, 7) is 1.87. The number of aromatic nitrogens is 2. The molecule has 0 aromatic carbocycles. The number of aromatic amines is 1. The van der Waals surface area contributed by atoms with Gasteiger partial charge in [-0.3, -0.25) is 0 Å². The molecule has 1 aliphatic carbocycles. The molecule has 1 heterocycles. The van der Waals surface area contributed by atoms with Crippen molar-refractivity contribution in [2.75, 3.05) is 6.61 Å². The minimum Gasteiger partial charge on any atom is -0.476 e. The number of esters is 1. The van der Waals surface area contributed by atoms with E-state index in [-0.39, 0.29) is 18.0 Å². The van der Waals surface area contributed by atoms with Gasteiger partial charge in [0.25, 0.3) is 0 Å². The van der Waals surface area contributed by atoms with Crippen LogP contribution in [-0.4, -0.2) is 33.6 Å². The Bertz CT molecular complexity index is 448. The van der Waals surface area contributed by atoms with Gasteiger partial charge in [0.05, 0.1) is 6.61 Å². The van der Waals surface area contributed by atoms with Crippen molar-refractivity contribution in [1.82, 2.24) is 9.97 Å². The van der Waals surface area contributed by atoms with E-state index in [2.05, 4.69) is 9.97 Å². The number of nitrogens with zero attached hydrogens (tertiary/aromatic N) is 1. The van der Waals surface area contributed by atoms with Gasteiger partial charge in [-0.25, -0.2) is 14.6 Å². The standard InChI is InChI=1S/C11H14N2O4/c1-2-17-11(16)9-8(10(14)15)12-7(13-9)5-6-3-4-6/h6H,2-5H2,1H3,(H,12,13)(H,14,15). The molecule has 6 nitrogen and oxygen atoms in total. The SMILES string of the molecule is CCOC(=O)c1[nH]c(CC2CC2)nc1C(=O)O. The number of carboxylic acid groups (broad SMARTS) is 1. The van der Waals surface area contributed by atoms with Crippen LogP contribution in [0.4, 0.5) is 0 Å². The van der Waals surface area contributed by atoms with Gasteiger partial charge in [0.1, 0.15) is 5.82 Å². The van der Waals surface area contributed by atoms with Crippen LogP contribution in [0.1, 0.15) is 46.6 Å². The Labute approximate surface area is 98.0 Å². The van der Waals surface area contributed by atoms with Crippen molar-refractivity contribution in [3.8, 4) is 0 Å². The lowest BCUT2D eigenvalue weighted by atomic mass is 10.3. The number of imidazole rings is 1. The highest BCUT2D eigenvalue weighted by atomic mass is 16.5. The summed E-state index contributed by atoms with van der Waals surface area (Å²) in [6, 6.07) is 0. The van der Waals surface area contributed by atoms with Gasteiger partial charge < -0.3 is 14.8 Å².